The summed E-state index contributed by atoms with van der Waals surface area (Å²) in [4.78, 5) is 20.9. The Kier molecular flexibility index (Phi) is 6.41. The van der Waals surface area contributed by atoms with Gasteiger partial charge in [-0.05, 0) is 54.5 Å². The van der Waals surface area contributed by atoms with E-state index in [1.807, 2.05) is 31.2 Å². The van der Waals surface area contributed by atoms with Crippen molar-refractivity contribution in [3.05, 3.63) is 70.8 Å². The third-order valence-electron chi connectivity index (χ3n) is 5.71. The number of fused-ring (bicyclic) bond motifs is 1. The summed E-state index contributed by atoms with van der Waals surface area (Å²) in [7, 11) is 0. The Morgan fingerprint density at radius 1 is 1.23 bits per heavy atom. The molecule has 180 valence electrons. The fourth-order valence-corrected chi connectivity index (χ4v) is 4.11. The van der Waals surface area contributed by atoms with Crippen molar-refractivity contribution < 1.29 is 14.3 Å². The normalized spacial score (nSPS) is 13.1. The maximum Gasteiger partial charge on any atom is 0.412 e. The molecule has 0 spiro atoms. The Morgan fingerprint density at radius 3 is 2.86 bits per heavy atom. The molecule has 9 nitrogen and oxygen atoms in total. The smallest absolute Gasteiger partial charge is 0.412 e. The number of hydrogen-bond acceptors (Lipinski definition) is 7. The Balaban J connectivity index is 1.25. The summed E-state index contributed by atoms with van der Waals surface area (Å²) < 4.78 is 12.8. The lowest BCUT2D eigenvalue weighted by atomic mass is 10.1. The van der Waals surface area contributed by atoms with E-state index in [9.17, 15) is 4.79 Å². The lowest BCUT2D eigenvalue weighted by Crippen LogP contribution is -2.26. The first-order valence-electron chi connectivity index (χ1n) is 11.4. The van der Waals surface area contributed by atoms with Crippen LogP contribution in [0.15, 0.2) is 48.9 Å². The van der Waals surface area contributed by atoms with Gasteiger partial charge in [-0.3, -0.25) is 4.68 Å². The fraction of sp³-hybridized carbons (Fsp3) is 0.280. The van der Waals surface area contributed by atoms with Gasteiger partial charge in [-0.25, -0.2) is 14.8 Å². The van der Waals surface area contributed by atoms with E-state index >= 15 is 0 Å². The molecule has 1 fully saturated rings. The number of pyridine rings is 2. The number of carbonyl (C=O) groups is 1. The van der Waals surface area contributed by atoms with Crippen LogP contribution in [0.5, 0.6) is 11.6 Å². The molecular formula is C25H25ClN6O3. The molecule has 0 saturated heterocycles. The number of nitrogens with two attached hydrogens (primary N) is 1. The summed E-state index contributed by atoms with van der Waals surface area (Å²) in [6, 6.07) is 9.47. The second kappa shape index (κ2) is 9.79. The highest BCUT2D eigenvalue weighted by Gasteiger charge is 2.31. The molecule has 3 aromatic heterocycles. The van der Waals surface area contributed by atoms with Gasteiger partial charge in [0.1, 0.15) is 16.5 Å². The van der Waals surface area contributed by atoms with Gasteiger partial charge in [0.2, 0.25) is 5.88 Å². The molecule has 0 unspecified atom stereocenters. The molecule has 1 saturated carbocycles. The molecular weight excluding hydrogens is 468 g/mol. The van der Waals surface area contributed by atoms with Crippen LogP contribution in [0.2, 0.25) is 5.02 Å². The van der Waals surface area contributed by atoms with Gasteiger partial charge in [-0.15, -0.1) is 0 Å². The quantitative estimate of drug-likeness (QED) is 0.367. The molecule has 35 heavy (non-hydrogen) atoms. The van der Waals surface area contributed by atoms with Crippen LogP contribution in [0.1, 0.15) is 42.5 Å². The van der Waals surface area contributed by atoms with Crippen LogP contribution in [0.3, 0.4) is 0 Å². The van der Waals surface area contributed by atoms with E-state index in [2.05, 4.69) is 20.4 Å². The van der Waals surface area contributed by atoms with Crippen LogP contribution >= 0.6 is 11.6 Å². The molecule has 1 aromatic carbocycles. The molecule has 0 bridgehead atoms. The van der Waals surface area contributed by atoms with E-state index in [0.717, 1.165) is 40.4 Å². The van der Waals surface area contributed by atoms with Crippen molar-refractivity contribution in [3.63, 3.8) is 0 Å². The molecule has 4 aromatic rings. The standard InChI is InChI=1S/C25H25ClN6O3/c1-2-34-24-20(26)10-16(12-29-24)13-32-14-21(22(31-32)17-4-5-17)35-25(33)30-11-15-3-6-19-18(9-15)7-8-28-23(19)27/h3,6-10,12,14,17H,2,4-5,11,13H2,1H3,(H2,27,28)(H,30,33). The van der Waals surface area contributed by atoms with Crippen molar-refractivity contribution in [2.24, 2.45) is 0 Å². The van der Waals surface area contributed by atoms with Crippen molar-refractivity contribution in [2.75, 3.05) is 12.3 Å². The van der Waals surface area contributed by atoms with Gasteiger partial charge in [0, 0.05) is 30.2 Å². The van der Waals surface area contributed by atoms with Gasteiger partial charge < -0.3 is 20.5 Å². The molecule has 10 heteroatoms. The second-order valence-electron chi connectivity index (χ2n) is 8.41. The summed E-state index contributed by atoms with van der Waals surface area (Å²) in [6.07, 6.45) is 6.63. The van der Waals surface area contributed by atoms with E-state index in [1.54, 1.807) is 29.3 Å². The van der Waals surface area contributed by atoms with Crippen LogP contribution in [0, 0.1) is 0 Å². The van der Waals surface area contributed by atoms with Crippen molar-refractivity contribution in [2.45, 2.75) is 38.8 Å². The molecule has 0 aliphatic heterocycles. The van der Waals surface area contributed by atoms with E-state index in [4.69, 9.17) is 26.8 Å². The Bertz CT molecular complexity index is 1390. The topological polar surface area (TPSA) is 117 Å². The maximum absolute atomic E-state index is 12.6. The molecule has 0 atom stereocenters. The minimum Gasteiger partial charge on any atom is -0.477 e. The van der Waals surface area contributed by atoms with E-state index in [1.165, 1.54) is 0 Å². The Hall–Kier alpha value is -3.85. The highest BCUT2D eigenvalue weighted by molar-refractivity contribution is 6.31. The van der Waals surface area contributed by atoms with Crippen LogP contribution in [0.4, 0.5) is 10.6 Å². The minimum atomic E-state index is -0.536. The highest BCUT2D eigenvalue weighted by atomic mass is 35.5. The summed E-state index contributed by atoms with van der Waals surface area (Å²) >= 11 is 6.26. The molecule has 5 rings (SSSR count). The number of hydrogen-bond donors (Lipinski definition) is 2. The number of benzene rings is 1. The van der Waals surface area contributed by atoms with E-state index in [-0.39, 0.29) is 0 Å². The number of amides is 1. The second-order valence-corrected chi connectivity index (χ2v) is 8.82. The third kappa shape index (κ3) is 5.30. The predicted molar refractivity (Wildman–Crippen MR) is 133 cm³/mol. The number of halogens is 1. The van der Waals surface area contributed by atoms with Gasteiger partial charge >= 0.3 is 6.09 Å². The average Bonchev–Trinajstić information content (AvgIpc) is 3.61. The predicted octanol–water partition coefficient (Wildman–Crippen LogP) is 4.67. The summed E-state index contributed by atoms with van der Waals surface area (Å²) in [5.41, 5.74) is 8.50. The summed E-state index contributed by atoms with van der Waals surface area (Å²) in [6.45, 7) is 3.13. The number of rotatable bonds is 8. The zero-order valence-electron chi connectivity index (χ0n) is 19.2. The lowest BCUT2D eigenvalue weighted by molar-refractivity contribution is 0.199. The van der Waals surface area contributed by atoms with Crippen molar-refractivity contribution >= 4 is 34.3 Å². The molecule has 1 amide bonds. The van der Waals surface area contributed by atoms with Crippen LogP contribution in [-0.4, -0.2) is 32.4 Å². The molecule has 1 aliphatic carbocycles. The SMILES string of the molecule is CCOc1ncc(Cn2cc(OC(=O)NCc3ccc4c(N)nccc4c3)c(C3CC3)n2)cc1Cl. The Labute approximate surface area is 207 Å². The average molecular weight is 493 g/mol. The zero-order chi connectivity index (χ0) is 24.4. The van der Waals surface area contributed by atoms with Gasteiger partial charge in [0.05, 0.1) is 19.3 Å². The Morgan fingerprint density at radius 2 is 2.09 bits per heavy atom. The number of nitrogens with one attached hydrogen (secondary N) is 1. The van der Waals surface area contributed by atoms with Crippen LogP contribution < -0.4 is 20.5 Å². The summed E-state index contributed by atoms with van der Waals surface area (Å²) in [5.74, 6) is 1.66. The van der Waals surface area contributed by atoms with Gasteiger partial charge in [0.25, 0.3) is 0 Å². The summed E-state index contributed by atoms with van der Waals surface area (Å²) in [5, 5.41) is 9.76. The van der Waals surface area contributed by atoms with Crippen LogP contribution in [-0.2, 0) is 13.1 Å². The van der Waals surface area contributed by atoms with Crippen LogP contribution in [0.25, 0.3) is 10.8 Å². The third-order valence-corrected chi connectivity index (χ3v) is 5.98. The van der Waals surface area contributed by atoms with Crippen molar-refractivity contribution in [1.29, 1.82) is 0 Å². The molecule has 3 heterocycles. The number of aromatic nitrogens is 4. The van der Waals surface area contributed by atoms with Crippen molar-refractivity contribution in [1.82, 2.24) is 25.1 Å². The lowest BCUT2D eigenvalue weighted by Gasteiger charge is -2.08. The molecule has 0 radical (unpaired) electrons. The fourth-order valence-electron chi connectivity index (χ4n) is 3.87. The zero-order valence-corrected chi connectivity index (χ0v) is 20.0. The van der Waals surface area contributed by atoms with E-state index in [0.29, 0.717) is 48.1 Å². The number of carbonyl (C=O) groups excluding carboxylic acids is 1. The van der Waals surface area contributed by atoms with Gasteiger partial charge in [-0.1, -0.05) is 23.7 Å². The molecule has 3 N–H and O–H groups in total. The number of nitrogens with zero attached hydrogens (tertiary/aromatic N) is 4. The number of nitrogen functional groups attached to an aromatic ring is 1. The van der Waals surface area contributed by atoms with Crippen molar-refractivity contribution in [3.8, 4) is 11.6 Å². The first kappa shape index (κ1) is 22.9. The first-order chi connectivity index (χ1) is 17.0. The van der Waals surface area contributed by atoms with Gasteiger partial charge in [-0.2, -0.15) is 5.10 Å². The first-order valence-corrected chi connectivity index (χ1v) is 11.8. The van der Waals surface area contributed by atoms with E-state index < -0.39 is 6.09 Å². The maximum atomic E-state index is 12.6. The largest absolute Gasteiger partial charge is 0.477 e. The minimum absolute atomic E-state index is 0.306. The number of anilines is 1. The monoisotopic (exact) mass is 492 g/mol. The molecule has 1 aliphatic rings. The van der Waals surface area contributed by atoms with Gasteiger partial charge in [0.15, 0.2) is 5.75 Å². The number of ether oxygens (including phenoxy) is 2. The highest BCUT2D eigenvalue weighted by Crippen LogP contribution is 2.43.